The molecular weight excluding hydrogens is 170 g/mol. The van der Waals surface area contributed by atoms with Gasteiger partial charge in [-0.15, -0.1) is 0 Å². The highest BCUT2D eigenvalue weighted by Gasteiger charge is 2.19. The topological polar surface area (TPSA) is 64.9 Å². The Morgan fingerprint density at radius 2 is 2.46 bits per heavy atom. The van der Waals surface area contributed by atoms with Crippen molar-refractivity contribution in [1.29, 1.82) is 0 Å². The van der Waals surface area contributed by atoms with E-state index in [-0.39, 0.29) is 6.54 Å². The highest BCUT2D eigenvalue weighted by atomic mass is 16.4. The van der Waals surface area contributed by atoms with E-state index in [1.165, 1.54) is 0 Å². The summed E-state index contributed by atoms with van der Waals surface area (Å²) in [7, 11) is 0. The van der Waals surface area contributed by atoms with Crippen LogP contribution in [0.5, 0.6) is 0 Å². The van der Waals surface area contributed by atoms with E-state index in [1.807, 2.05) is 0 Å². The van der Waals surface area contributed by atoms with E-state index in [2.05, 4.69) is 29.1 Å². The number of aliphatic imine (C=N–C) groups is 1. The summed E-state index contributed by atoms with van der Waals surface area (Å²) >= 11 is 0. The van der Waals surface area contributed by atoms with Gasteiger partial charge in [-0.05, 0) is 13.8 Å². The van der Waals surface area contributed by atoms with Crippen molar-refractivity contribution in [2.45, 2.75) is 19.9 Å². The van der Waals surface area contributed by atoms with Gasteiger partial charge in [-0.1, -0.05) is 0 Å². The molecule has 0 aromatic carbocycles. The minimum Gasteiger partial charge on any atom is -0.480 e. The quantitative estimate of drug-likeness (QED) is 0.636. The van der Waals surface area contributed by atoms with Crippen molar-refractivity contribution >= 4 is 11.9 Å². The van der Waals surface area contributed by atoms with Crippen LogP contribution in [-0.2, 0) is 4.79 Å². The number of carbonyl (C=O) groups is 1. The fourth-order valence-corrected chi connectivity index (χ4v) is 1.28. The number of carboxylic acids is 1. The molecule has 5 heteroatoms. The fraction of sp³-hybridized carbons (Fsp3) is 0.750. The molecule has 0 unspecified atom stereocenters. The highest BCUT2D eigenvalue weighted by Crippen LogP contribution is 2.04. The summed E-state index contributed by atoms with van der Waals surface area (Å²) in [5.41, 5.74) is 0. The van der Waals surface area contributed by atoms with Gasteiger partial charge in [0.05, 0.1) is 6.54 Å². The van der Waals surface area contributed by atoms with Gasteiger partial charge in [0.1, 0.15) is 6.54 Å². The summed E-state index contributed by atoms with van der Waals surface area (Å²) in [5.74, 6) is -0.157. The molecule has 5 nitrogen and oxygen atoms in total. The number of rotatable bonds is 3. The molecule has 0 saturated heterocycles. The number of guanidine groups is 1. The molecule has 0 amide bonds. The van der Waals surface area contributed by atoms with Gasteiger partial charge in [0.15, 0.2) is 5.96 Å². The van der Waals surface area contributed by atoms with E-state index >= 15 is 0 Å². The Balaban J connectivity index is 2.44. The van der Waals surface area contributed by atoms with Crippen LogP contribution in [0.25, 0.3) is 0 Å². The molecule has 0 atom stereocenters. The van der Waals surface area contributed by atoms with Gasteiger partial charge in [0.25, 0.3) is 0 Å². The third kappa shape index (κ3) is 2.61. The molecule has 2 N–H and O–H groups in total. The first-order valence-corrected chi connectivity index (χ1v) is 4.38. The van der Waals surface area contributed by atoms with Gasteiger partial charge in [-0.2, -0.15) is 0 Å². The van der Waals surface area contributed by atoms with Crippen molar-refractivity contribution in [1.82, 2.24) is 10.2 Å². The molecule has 0 aromatic rings. The van der Waals surface area contributed by atoms with E-state index in [4.69, 9.17) is 5.11 Å². The molecule has 1 aliphatic rings. The number of hydrogen-bond donors (Lipinski definition) is 2. The minimum absolute atomic E-state index is 0.0674. The van der Waals surface area contributed by atoms with Crippen LogP contribution < -0.4 is 5.32 Å². The lowest BCUT2D eigenvalue weighted by Gasteiger charge is -2.24. The third-order valence-electron chi connectivity index (χ3n) is 1.90. The summed E-state index contributed by atoms with van der Waals surface area (Å²) in [5, 5.41) is 11.3. The predicted octanol–water partition coefficient (Wildman–Crippen LogP) is -0.259. The maximum Gasteiger partial charge on any atom is 0.322 e. The zero-order valence-corrected chi connectivity index (χ0v) is 7.95. The molecule has 1 rings (SSSR count). The lowest BCUT2D eigenvalue weighted by molar-refractivity contribution is -0.135. The number of nitrogens with one attached hydrogen (secondary N) is 1. The molecule has 0 fully saturated rings. The molecular formula is C8H15N3O2. The second kappa shape index (κ2) is 4.11. The Labute approximate surface area is 77.4 Å². The van der Waals surface area contributed by atoms with Crippen LogP contribution in [0, 0.1) is 0 Å². The van der Waals surface area contributed by atoms with Crippen LogP contribution >= 0.6 is 0 Å². The van der Waals surface area contributed by atoms with E-state index in [0.717, 1.165) is 13.1 Å². The van der Waals surface area contributed by atoms with Crippen molar-refractivity contribution in [3.05, 3.63) is 0 Å². The van der Waals surface area contributed by atoms with Crippen molar-refractivity contribution in [3.63, 3.8) is 0 Å². The lowest BCUT2D eigenvalue weighted by Crippen LogP contribution is -2.44. The smallest absolute Gasteiger partial charge is 0.322 e. The molecule has 0 aromatic heterocycles. The van der Waals surface area contributed by atoms with Crippen molar-refractivity contribution < 1.29 is 9.90 Å². The average molecular weight is 185 g/mol. The number of nitrogens with zero attached hydrogens (tertiary/aromatic N) is 2. The van der Waals surface area contributed by atoms with Crippen LogP contribution in [0.2, 0.25) is 0 Å². The normalized spacial score (nSPS) is 16.2. The van der Waals surface area contributed by atoms with Gasteiger partial charge in [0, 0.05) is 12.6 Å². The molecule has 1 aliphatic heterocycles. The van der Waals surface area contributed by atoms with Gasteiger partial charge in [-0.25, -0.2) is 0 Å². The number of carboxylic acid groups (broad SMARTS) is 1. The van der Waals surface area contributed by atoms with Crippen molar-refractivity contribution in [2.75, 3.05) is 19.6 Å². The molecule has 1 heterocycles. The van der Waals surface area contributed by atoms with E-state index in [9.17, 15) is 4.79 Å². The standard InChI is InChI=1S/C8H15N3O2/c1-6(2)11-4-3-9-8(11)10-5-7(12)13/h6H,3-5H2,1-2H3,(H,9,10)(H,12,13). The second-order valence-corrected chi connectivity index (χ2v) is 3.24. The zero-order chi connectivity index (χ0) is 9.84. The van der Waals surface area contributed by atoms with Gasteiger partial charge < -0.3 is 15.3 Å². The summed E-state index contributed by atoms with van der Waals surface area (Å²) < 4.78 is 0. The fourth-order valence-electron chi connectivity index (χ4n) is 1.28. The van der Waals surface area contributed by atoms with Gasteiger partial charge in [0.2, 0.25) is 0 Å². The van der Waals surface area contributed by atoms with Crippen LogP contribution in [0.3, 0.4) is 0 Å². The largest absolute Gasteiger partial charge is 0.480 e. The number of aliphatic carboxylic acids is 1. The van der Waals surface area contributed by atoms with Gasteiger partial charge in [-0.3, -0.25) is 9.79 Å². The summed E-state index contributed by atoms with van der Waals surface area (Å²) in [4.78, 5) is 16.5. The number of hydrogen-bond acceptors (Lipinski definition) is 4. The van der Waals surface area contributed by atoms with E-state index in [1.54, 1.807) is 0 Å². The van der Waals surface area contributed by atoms with Crippen LogP contribution in [0.4, 0.5) is 0 Å². The van der Waals surface area contributed by atoms with Crippen LogP contribution in [0.15, 0.2) is 4.99 Å². The molecule has 0 aliphatic carbocycles. The Morgan fingerprint density at radius 3 is 3.00 bits per heavy atom. The maximum atomic E-state index is 10.3. The summed E-state index contributed by atoms with van der Waals surface area (Å²) in [6, 6.07) is 0.363. The second-order valence-electron chi connectivity index (χ2n) is 3.24. The molecule has 0 radical (unpaired) electrons. The average Bonchev–Trinajstić information content (AvgIpc) is 2.47. The molecule has 0 bridgehead atoms. The van der Waals surface area contributed by atoms with Gasteiger partial charge >= 0.3 is 5.97 Å². The van der Waals surface area contributed by atoms with Crippen molar-refractivity contribution in [3.8, 4) is 0 Å². The monoisotopic (exact) mass is 185 g/mol. The zero-order valence-electron chi connectivity index (χ0n) is 7.95. The molecule has 0 saturated carbocycles. The summed E-state index contributed by atoms with van der Waals surface area (Å²) in [6.45, 7) is 5.67. The lowest BCUT2D eigenvalue weighted by atomic mass is 10.3. The molecule has 13 heavy (non-hydrogen) atoms. The maximum absolute atomic E-state index is 10.3. The highest BCUT2D eigenvalue weighted by molar-refractivity contribution is 5.85. The molecule has 0 spiro atoms. The first-order valence-electron chi connectivity index (χ1n) is 4.38. The Hall–Kier alpha value is -1.26. The van der Waals surface area contributed by atoms with E-state index < -0.39 is 5.97 Å². The first kappa shape index (κ1) is 9.83. The minimum atomic E-state index is -0.863. The predicted molar refractivity (Wildman–Crippen MR) is 49.8 cm³/mol. The Kier molecular flexibility index (Phi) is 3.11. The molecule has 74 valence electrons. The third-order valence-corrected chi connectivity index (χ3v) is 1.90. The first-order chi connectivity index (χ1) is 6.11. The van der Waals surface area contributed by atoms with Crippen molar-refractivity contribution in [2.24, 2.45) is 4.99 Å². The van der Waals surface area contributed by atoms with E-state index in [0.29, 0.717) is 12.0 Å². The van der Waals surface area contributed by atoms with Crippen LogP contribution in [0.1, 0.15) is 13.8 Å². The Bertz CT molecular complexity index is 225. The Morgan fingerprint density at radius 1 is 1.77 bits per heavy atom. The SMILES string of the molecule is CC(C)N1CCN=C1NCC(=O)O. The van der Waals surface area contributed by atoms with Crippen LogP contribution in [-0.4, -0.2) is 47.6 Å². The summed E-state index contributed by atoms with van der Waals surface area (Å²) in [6.07, 6.45) is 0.